The van der Waals surface area contributed by atoms with Crippen LogP contribution in [-0.4, -0.2) is 38.8 Å². The summed E-state index contributed by atoms with van der Waals surface area (Å²) in [5.41, 5.74) is 0.615. The third-order valence-electron chi connectivity index (χ3n) is 3.20. The quantitative estimate of drug-likeness (QED) is 0.740. The fourth-order valence-corrected chi connectivity index (χ4v) is 2.10. The summed E-state index contributed by atoms with van der Waals surface area (Å²) in [5.74, 6) is 0.649. The van der Waals surface area contributed by atoms with Crippen molar-refractivity contribution in [2.75, 3.05) is 26.9 Å². The van der Waals surface area contributed by atoms with Gasteiger partial charge < -0.3 is 14.2 Å². The first-order valence-electron chi connectivity index (χ1n) is 6.66. The van der Waals surface area contributed by atoms with Crippen molar-refractivity contribution < 1.29 is 19.0 Å². The van der Waals surface area contributed by atoms with E-state index in [0.29, 0.717) is 17.9 Å². The van der Waals surface area contributed by atoms with Gasteiger partial charge in [0.25, 0.3) is 0 Å². The Kier molecular flexibility index (Phi) is 5.36. The van der Waals surface area contributed by atoms with Gasteiger partial charge in [-0.2, -0.15) is 0 Å². The molecule has 0 N–H and O–H groups in total. The lowest BCUT2D eigenvalue weighted by Gasteiger charge is -2.22. The van der Waals surface area contributed by atoms with Crippen molar-refractivity contribution in [3.8, 4) is 5.75 Å². The summed E-state index contributed by atoms with van der Waals surface area (Å²) >= 11 is 0. The molecule has 0 radical (unpaired) electrons. The molecule has 1 aliphatic rings. The van der Waals surface area contributed by atoms with Gasteiger partial charge in [0.2, 0.25) is 0 Å². The molecule has 1 fully saturated rings. The van der Waals surface area contributed by atoms with E-state index in [1.807, 2.05) is 6.07 Å². The summed E-state index contributed by atoms with van der Waals surface area (Å²) in [4.78, 5) is 11.9. The molecule has 1 aromatic carbocycles. The highest BCUT2D eigenvalue weighted by atomic mass is 16.5. The second kappa shape index (κ2) is 7.26. The first-order valence-corrected chi connectivity index (χ1v) is 6.66. The molecule has 1 heterocycles. The largest absolute Gasteiger partial charge is 0.497 e. The van der Waals surface area contributed by atoms with Crippen LogP contribution in [0.15, 0.2) is 24.3 Å². The van der Waals surface area contributed by atoms with Gasteiger partial charge in [-0.3, -0.25) is 4.79 Å². The monoisotopic (exact) mass is 264 g/mol. The fraction of sp³-hybridized carbons (Fsp3) is 0.533. The van der Waals surface area contributed by atoms with Gasteiger partial charge in [0, 0.05) is 12.2 Å². The van der Waals surface area contributed by atoms with Gasteiger partial charge in [0.1, 0.15) is 12.4 Å². The summed E-state index contributed by atoms with van der Waals surface area (Å²) in [7, 11) is 1.58. The molecule has 0 saturated carbocycles. The third kappa shape index (κ3) is 4.33. The van der Waals surface area contributed by atoms with Crippen LogP contribution in [0.25, 0.3) is 0 Å². The first kappa shape index (κ1) is 14.0. The molecule has 0 spiro atoms. The summed E-state index contributed by atoms with van der Waals surface area (Å²) < 4.78 is 16.1. The van der Waals surface area contributed by atoms with Gasteiger partial charge in [-0.25, -0.2) is 0 Å². The van der Waals surface area contributed by atoms with E-state index in [1.165, 1.54) is 6.42 Å². The molecule has 0 bridgehead atoms. The zero-order chi connectivity index (χ0) is 13.5. The van der Waals surface area contributed by atoms with Crippen LogP contribution in [0.2, 0.25) is 0 Å². The van der Waals surface area contributed by atoms with E-state index in [1.54, 1.807) is 25.3 Å². The van der Waals surface area contributed by atoms with Crippen LogP contribution in [0, 0.1) is 0 Å². The van der Waals surface area contributed by atoms with Crippen molar-refractivity contribution in [2.45, 2.75) is 25.4 Å². The number of ketones is 1. The van der Waals surface area contributed by atoms with Crippen molar-refractivity contribution in [1.29, 1.82) is 0 Å². The Morgan fingerprint density at radius 3 is 3.05 bits per heavy atom. The lowest BCUT2D eigenvalue weighted by atomic mass is 10.1. The van der Waals surface area contributed by atoms with Crippen molar-refractivity contribution in [3.05, 3.63) is 29.8 Å². The second-order valence-electron chi connectivity index (χ2n) is 4.66. The van der Waals surface area contributed by atoms with E-state index < -0.39 is 0 Å². The zero-order valence-corrected chi connectivity index (χ0v) is 11.3. The second-order valence-corrected chi connectivity index (χ2v) is 4.66. The minimum Gasteiger partial charge on any atom is -0.497 e. The summed E-state index contributed by atoms with van der Waals surface area (Å²) in [6.07, 6.45) is 3.47. The lowest BCUT2D eigenvalue weighted by molar-refractivity contribution is -0.0370. The molecular formula is C15H20O4. The normalized spacial score (nSPS) is 19.1. The van der Waals surface area contributed by atoms with Gasteiger partial charge in [-0.1, -0.05) is 12.1 Å². The molecule has 104 valence electrons. The predicted octanol–water partition coefficient (Wildman–Crippen LogP) is 2.46. The maximum absolute atomic E-state index is 11.9. The minimum absolute atomic E-state index is 0.0327. The number of ether oxygens (including phenoxy) is 3. The molecular weight excluding hydrogens is 244 g/mol. The van der Waals surface area contributed by atoms with Crippen LogP contribution < -0.4 is 4.74 Å². The van der Waals surface area contributed by atoms with Crippen LogP contribution >= 0.6 is 0 Å². The zero-order valence-electron chi connectivity index (χ0n) is 11.3. The van der Waals surface area contributed by atoms with Crippen molar-refractivity contribution in [1.82, 2.24) is 0 Å². The van der Waals surface area contributed by atoms with Gasteiger partial charge in [-0.15, -0.1) is 0 Å². The molecule has 1 atom stereocenters. The molecule has 19 heavy (non-hydrogen) atoms. The highest BCUT2D eigenvalue weighted by Gasteiger charge is 2.15. The van der Waals surface area contributed by atoms with E-state index in [0.717, 1.165) is 19.4 Å². The number of methoxy groups -OCH3 is 1. The van der Waals surface area contributed by atoms with Crippen molar-refractivity contribution in [3.63, 3.8) is 0 Å². The van der Waals surface area contributed by atoms with Gasteiger partial charge in [0.05, 0.1) is 19.8 Å². The van der Waals surface area contributed by atoms with Gasteiger partial charge >= 0.3 is 0 Å². The molecule has 1 aliphatic heterocycles. The number of rotatable bonds is 6. The van der Waals surface area contributed by atoms with E-state index in [4.69, 9.17) is 14.2 Å². The number of hydrogen-bond acceptors (Lipinski definition) is 4. The SMILES string of the molecule is COc1cccc(C(=O)COCC2CCCCO2)c1. The Hall–Kier alpha value is -1.39. The number of carbonyl (C=O) groups excluding carboxylic acids is 1. The molecule has 4 nitrogen and oxygen atoms in total. The van der Waals surface area contributed by atoms with Crippen LogP contribution in [0.5, 0.6) is 5.75 Å². The van der Waals surface area contributed by atoms with E-state index in [-0.39, 0.29) is 18.5 Å². The highest BCUT2D eigenvalue weighted by Crippen LogP contribution is 2.14. The topological polar surface area (TPSA) is 44.8 Å². The van der Waals surface area contributed by atoms with Crippen LogP contribution in [-0.2, 0) is 9.47 Å². The smallest absolute Gasteiger partial charge is 0.188 e. The molecule has 1 saturated heterocycles. The molecule has 0 aromatic heterocycles. The van der Waals surface area contributed by atoms with Crippen molar-refractivity contribution in [2.24, 2.45) is 0 Å². The van der Waals surface area contributed by atoms with E-state index >= 15 is 0 Å². The average Bonchev–Trinajstić information content (AvgIpc) is 2.48. The lowest BCUT2D eigenvalue weighted by Crippen LogP contribution is -2.25. The molecule has 0 amide bonds. The fourth-order valence-electron chi connectivity index (χ4n) is 2.10. The standard InChI is InChI=1S/C15H20O4/c1-17-13-7-4-5-12(9-13)15(16)11-18-10-14-6-2-3-8-19-14/h4-5,7,9,14H,2-3,6,8,10-11H2,1H3. The van der Waals surface area contributed by atoms with E-state index in [9.17, 15) is 4.79 Å². The van der Waals surface area contributed by atoms with Crippen LogP contribution in [0.4, 0.5) is 0 Å². The Morgan fingerprint density at radius 1 is 1.42 bits per heavy atom. The van der Waals surface area contributed by atoms with Gasteiger partial charge in [-0.05, 0) is 31.4 Å². The number of hydrogen-bond donors (Lipinski definition) is 0. The molecule has 1 unspecified atom stereocenters. The van der Waals surface area contributed by atoms with Crippen molar-refractivity contribution >= 4 is 5.78 Å². The Balaban J connectivity index is 1.77. The van der Waals surface area contributed by atoms with E-state index in [2.05, 4.69) is 0 Å². The molecule has 0 aliphatic carbocycles. The molecule has 4 heteroatoms. The van der Waals surface area contributed by atoms with Gasteiger partial charge in [0.15, 0.2) is 5.78 Å². The summed E-state index contributed by atoms with van der Waals surface area (Å²) in [6.45, 7) is 1.39. The van der Waals surface area contributed by atoms with Crippen LogP contribution in [0.3, 0.4) is 0 Å². The number of benzene rings is 1. The molecule has 1 aromatic rings. The maximum Gasteiger partial charge on any atom is 0.188 e. The molecule has 2 rings (SSSR count). The first-order chi connectivity index (χ1) is 9.29. The Labute approximate surface area is 113 Å². The number of carbonyl (C=O) groups is 1. The average molecular weight is 264 g/mol. The highest BCUT2D eigenvalue weighted by molar-refractivity contribution is 5.97. The summed E-state index contributed by atoms with van der Waals surface area (Å²) in [5, 5.41) is 0. The summed E-state index contributed by atoms with van der Waals surface area (Å²) in [6, 6.07) is 7.11. The Morgan fingerprint density at radius 2 is 2.32 bits per heavy atom. The third-order valence-corrected chi connectivity index (χ3v) is 3.20. The van der Waals surface area contributed by atoms with Crippen LogP contribution in [0.1, 0.15) is 29.6 Å². The predicted molar refractivity (Wildman–Crippen MR) is 71.7 cm³/mol. The number of Topliss-reactive ketones (excluding diaryl/α,β-unsaturated/α-hetero) is 1. The maximum atomic E-state index is 11.9. The Bertz CT molecular complexity index is 410. The minimum atomic E-state index is -0.0327.